The zero-order valence-corrected chi connectivity index (χ0v) is 13.2. The molecule has 2 aromatic carbocycles. The van der Waals surface area contributed by atoms with Gasteiger partial charge in [0.2, 0.25) is 0 Å². The SMILES string of the molecule is O=C(NCC#CCOc1ccccc1Cl)c1ccccc1[N+](=O)[O-]. The highest BCUT2D eigenvalue weighted by Crippen LogP contribution is 2.22. The summed E-state index contributed by atoms with van der Waals surface area (Å²) in [6.45, 7) is 0.169. The summed E-state index contributed by atoms with van der Waals surface area (Å²) in [5.74, 6) is 5.40. The maximum atomic E-state index is 11.9. The number of nitro groups is 1. The molecule has 24 heavy (non-hydrogen) atoms. The van der Waals surface area contributed by atoms with Gasteiger partial charge in [-0.05, 0) is 18.2 Å². The van der Waals surface area contributed by atoms with E-state index in [1.807, 2.05) is 0 Å². The lowest BCUT2D eigenvalue weighted by atomic mass is 10.1. The number of nitrogens with one attached hydrogen (secondary N) is 1. The van der Waals surface area contributed by atoms with Gasteiger partial charge in [0.05, 0.1) is 16.5 Å². The van der Waals surface area contributed by atoms with Crippen LogP contribution < -0.4 is 10.1 Å². The number of carbonyl (C=O) groups is 1. The van der Waals surface area contributed by atoms with Crippen LogP contribution in [0.3, 0.4) is 0 Å². The Morgan fingerprint density at radius 2 is 1.88 bits per heavy atom. The number of hydrogen-bond donors (Lipinski definition) is 1. The van der Waals surface area contributed by atoms with E-state index in [0.29, 0.717) is 10.8 Å². The number of amides is 1. The quantitative estimate of drug-likeness (QED) is 0.513. The number of hydrogen-bond acceptors (Lipinski definition) is 4. The van der Waals surface area contributed by atoms with E-state index in [0.717, 1.165) is 0 Å². The van der Waals surface area contributed by atoms with Gasteiger partial charge in [0.1, 0.15) is 17.9 Å². The number of carbonyl (C=O) groups excluding carboxylic acids is 1. The molecule has 1 amide bonds. The summed E-state index contributed by atoms with van der Waals surface area (Å²) in [5.41, 5.74) is -0.248. The second-order valence-electron chi connectivity index (χ2n) is 4.53. The minimum Gasteiger partial charge on any atom is -0.479 e. The van der Waals surface area contributed by atoms with Gasteiger partial charge in [0, 0.05) is 6.07 Å². The summed E-state index contributed by atoms with van der Waals surface area (Å²) in [6, 6.07) is 12.7. The molecule has 7 heteroatoms. The van der Waals surface area contributed by atoms with Crippen LogP contribution in [0.2, 0.25) is 5.02 Å². The van der Waals surface area contributed by atoms with Gasteiger partial charge in [-0.15, -0.1) is 0 Å². The van der Waals surface area contributed by atoms with Crippen molar-refractivity contribution in [1.29, 1.82) is 0 Å². The van der Waals surface area contributed by atoms with E-state index < -0.39 is 10.8 Å². The smallest absolute Gasteiger partial charge is 0.282 e. The van der Waals surface area contributed by atoms with Crippen LogP contribution in [-0.2, 0) is 0 Å². The molecule has 0 saturated carbocycles. The summed E-state index contributed by atoms with van der Waals surface area (Å²) in [5, 5.41) is 13.9. The number of nitrogens with zero attached hydrogens (tertiary/aromatic N) is 1. The Bertz CT molecular complexity index is 811. The van der Waals surface area contributed by atoms with Crippen molar-refractivity contribution in [2.75, 3.05) is 13.2 Å². The highest BCUT2D eigenvalue weighted by molar-refractivity contribution is 6.32. The standard InChI is InChI=1S/C17H13ClN2O4/c18-14-8-2-4-10-16(14)24-12-6-5-11-19-17(21)13-7-1-3-9-15(13)20(22)23/h1-4,7-10H,11-12H2,(H,19,21). The molecule has 0 aromatic heterocycles. The first-order chi connectivity index (χ1) is 11.6. The Morgan fingerprint density at radius 3 is 2.62 bits per heavy atom. The van der Waals surface area contributed by atoms with Crippen LogP contribution in [-0.4, -0.2) is 24.0 Å². The van der Waals surface area contributed by atoms with E-state index in [-0.39, 0.29) is 24.4 Å². The fourth-order valence-corrected chi connectivity index (χ4v) is 2.02. The normalized spacial score (nSPS) is 9.54. The molecule has 0 fully saturated rings. The lowest BCUT2D eigenvalue weighted by Crippen LogP contribution is -2.24. The second-order valence-corrected chi connectivity index (χ2v) is 4.94. The van der Waals surface area contributed by atoms with Crippen molar-refractivity contribution in [2.45, 2.75) is 0 Å². The Hall–Kier alpha value is -3.04. The monoisotopic (exact) mass is 344 g/mol. The highest BCUT2D eigenvalue weighted by Gasteiger charge is 2.18. The number of nitro benzene ring substituents is 1. The lowest BCUT2D eigenvalue weighted by molar-refractivity contribution is -0.385. The maximum absolute atomic E-state index is 11.9. The van der Waals surface area contributed by atoms with Gasteiger partial charge in [-0.25, -0.2) is 0 Å². The third kappa shape index (κ3) is 4.73. The molecule has 0 aliphatic carbocycles. The van der Waals surface area contributed by atoms with Crippen LogP contribution in [0.5, 0.6) is 5.75 Å². The van der Waals surface area contributed by atoms with Crippen LogP contribution in [0.1, 0.15) is 10.4 Å². The molecule has 0 bridgehead atoms. The van der Waals surface area contributed by atoms with E-state index >= 15 is 0 Å². The molecule has 122 valence electrons. The molecule has 2 rings (SSSR count). The number of benzene rings is 2. The van der Waals surface area contributed by atoms with Gasteiger partial charge in [-0.3, -0.25) is 14.9 Å². The van der Waals surface area contributed by atoms with Crippen molar-refractivity contribution in [3.05, 3.63) is 69.2 Å². The van der Waals surface area contributed by atoms with Gasteiger partial charge in [0.15, 0.2) is 0 Å². The first-order valence-electron chi connectivity index (χ1n) is 6.94. The molecule has 0 radical (unpaired) electrons. The molecular formula is C17H13ClN2O4. The fourth-order valence-electron chi connectivity index (χ4n) is 1.83. The molecule has 0 heterocycles. The van der Waals surface area contributed by atoms with Crippen LogP contribution in [0, 0.1) is 22.0 Å². The van der Waals surface area contributed by atoms with E-state index in [4.69, 9.17) is 16.3 Å². The van der Waals surface area contributed by atoms with Crippen molar-refractivity contribution in [3.8, 4) is 17.6 Å². The summed E-state index contributed by atoms with van der Waals surface area (Å²) in [7, 11) is 0. The Kier molecular flexibility index (Phi) is 6.17. The average Bonchev–Trinajstić information content (AvgIpc) is 2.59. The van der Waals surface area contributed by atoms with Gasteiger partial charge < -0.3 is 10.1 Å². The first kappa shape index (κ1) is 17.3. The van der Waals surface area contributed by atoms with Gasteiger partial charge >= 0.3 is 0 Å². The molecular weight excluding hydrogens is 332 g/mol. The topological polar surface area (TPSA) is 81.5 Å². The average molecular weight is 345 g/mol. The van der Waals surface area contributed by atoms with Gasteiger partial charge in [0.25, 0.3) is 11.6 Å². The number of rotatable bonds is 5. The third-order valence-electron chi connectivity index (χ3n) is 2.94. The predicted octanol–water partition coefficient (Wildman–Crippen LogP) is 3.06. The van der Waals surface area contributed by atoms with Crippen LogP contribution >= 0.6 is 11.6 Å². The zero-order valence-electron chi connectivity index (χ0n) is 12.5. The molecule has 0 unspecified atom stereocenters. The Balaban J connectivity index is 1.84. The Morgan fingerprint density at radius 1 is 1.17 bits per heavy atom. The van der Waals surface area contributed by atoms with E-state index in [1.165, 1.54) is 18.2 Å². The predicted molar refractivity (Wildman–Crippen MR) is 90.2 cm³/mol. The van der Waals surface area contributed by atoms with Crippen molar-refractivity contribution < 1.29 is 14.5 Å². The molecule has 0 aliphatic heterocycles. The lowest BCUT2D eigenvalue weighted by Gasteiger charge is -2.03. The number of halogens is 1. The summed E-state index contributed by atoms with van der Waals surface area (Å²) in [4.78, 5) is 22.2. The Labute approximate surface area is 143 Å². The second kappa shape index (κ2) is 8.56. The number of ether oxygens (including phenoxy) is 1. The molecule has 0 spiro atoms. The third-order valence-corrected chi connectivity index (χ3v) is 3.26. The fraction of sp³-hybridized carbons (Fsp3) is 0.118. The van der Waals surface area contributed by atoms with Crippen molar-refractivity contribution >= 4 is 23.2 Å². The number of para-hydroxylation sites is 2. The van der Waals surface area contributed by atoms with Crippen LogP contribution in [0.4, 0.5) is 5.69 Å². The van der Waals surface area contributed by atoms with Crippen molar-refractivity contribution in [1.82, 2.24) is 5.32 Å². The molecule has 0 saturated heterocycles. The van der Waals surface area contributed by atoms with E-state index in [9.17, 15) is 14.9 Å². The highest BCUT2D eigenvalue weighted by atomic mass is 35.5. The van der Waals surface area contributed by atoms with Crippen molar-refractivity contribution in [3.63, 3.8) is 0 Å². The largest absolute Gasteiger partial charge is 0.479 e. The summed E-state index contributed by atoms with van der Waals surface area (Å²) in [6.07, 6.45) is 0. The molecule has 0 atom stereocenters. The van der Waals surface area contributed by atoms with E-state index in [1.54, 1.807) is 30.3 Å². The van der Waals surface area contributed by atoms with Gasteiger partial charge in [-0.1, -0.05) is 47.7 Å². The van der Waals surface area contributed by atoms with Crippen molar-refractivity contribution in [2.24, 2.45) is 0 Å². The van der Waals surface area contributed by atoms with Crippen LogP contribution in [0.15, 0.2) is 48.5 Å². The first-order valence-corrected chi connectivity index (χ1v) is 7.32. The molecule has 2 aromatic rings. The minimum atomic E-state index is -0.599. The van der Waals surface area contributed by atoms with Gasteiger partial charge in [-0.2, -0.15) is 0 Å². The van der Waals surface area contributed by atoms with E-state index in [2.05, 4.69) is 17.2 Å². The maximum Gasteiger partial charge on any atom is 0.282 e. The zero-order chi connectivity index (χ0) is 17.4. The minimum absolute atomic E-state index is 0.00313. The summed E-state index contributed by atoms with van der Waals surface area (Å²) >= 11 is 5.93. The molecule has 1 N–H and O–H groups in total. The summed E-state index contributed by atoms with van der Waals surface area (Å²) < 4.78 is 5.37. The van der Waals surface area contributed by atoms with Crippen LogP contribution in [0.25, 0.3) is 0 Å². The molecule has 0 aliphatic rings. The molecule has 6 nitrogen and oxygen atoms in total.